The van der Waals surface area contributed by atoms with Crippen LogP contribution in [-0.2, 0) is 7.05 Å². The van der Waals surface area contributed by atoms with Gasteiger partial charge in [-0.1, -0.05) is 0 Å². The lowest BCUT2D eigenvalue weighted by Crippen LogP contribution is -1.92. The third-order valence-electron chi connectivity index (χ3n) is 2.22. The summed E-state index contributed by atoms with van der Waals surface area (Å²) in [6.45, 7) is 1.93. The maximum atomic E-state index is 10.6. The Bertz CT molecular complexity index is 485. The molecule has 0 bridgehead atoms. The van der Waals surface area contributed by atoms with Crippen LogP contribution in [0.1, 0.15) is 16.3 Å². The molecule has 2 heterocycles. The molecular weight excluding hydrogens is 190 g/mol. The molecule has 0 saturated heterocycles. The van der Waals surface area contributed by atoms with Crippen LogP contribution in [0.4, 0.5) is 0 Å². The van der Waals surface area contributed by atoms with Crippen LogP contribution in [0, 0.1) is 6.92 Å². The predicted octanol–water partition coefficient (Wildman–Crippen LogP) is 1.60. The summed E-state index contributed by atoms with van der Waals surface area (Å²) in [4.78, 5) is 19.0. The second kappa shape index (κ2) is 3.65. The molecule has 76 valence electrons. The zero-order chi connectivity index (χ0) is 10.8. The first-order valence-corrected chi connectivity index (χ1v) is 4.62. The van der Waals surface area contributed by atoms with Gasteiger partial charge in [0.25, 0.3) is 0 Å². The molecule has 15 heavy (non-hydrogen) atoms. The van der Waals surface area contributed by atoms with E-state index in [0.29, 0.717) is 5.82 Å². The Kier molecular flexibility index (Phi) is 2.33. The second-order valence-electron chi connectivity index (χ2n) is 3.40. The maximum absolute atomic E-state index is 10.6. The minimum Gasteiger partial charge on any atom is -0.331 e. The van der Waals surface area contributed by atoms with E-state index in [1.165, 1.54) is 0 Å². The van der Waals surface area contributed by atoms with Crippen molar-refractivity contribution in [3.63, 3.8) is 0 Å². The van der Waals surface area contributed by atoms with Gasteiger partial charge in [-0.3, -0.25) is 9.78 Å². The van der Waals surface area contributed by atoms with Gasteiger partial charge < -0.3 is 4.57 Å². The van der Waals surface area contributed by atoms with Gasteiger partial charge >= 0.3 is 0 Å². The fourth-order valence-corrected chi connectivity index (χ4v) is 1.35. The summed E-state index contributed by atoms with van der Waals surface area (Å²) in [5.74, 6) is 0.422. The summed E-state index contributed by atoms with van der Waals surface area (Å²) in [5, 5.41) is 0. The molecule has 2 aromatic rings. The summed E-state index contributed by atoms with van der Waals surface area (Å²) in [5.41, 5.74) is 2.65. The molecule has 0 spiro atoms. The predicted molar refractivity (Wildman–Crippen MR) is 56.6 cm³/mol. The van der Waals surface area contributed by atoms with E-state index in [4.69, 9.17) is 0 Å². The van der Waals surface area contributed by atoms with E-state index in [2.05, 4.69) is 9.97 Å². The highest BCUT2D eigenvalue weighted by Gasteiger charge is 2.05. The van der Waals surface area contributed by atoms with Crippen LogP contribution < -0.4 is 0 Å². The van der Waals surface area contributed by atoms with Crippen LogP contribution in [0.5, 0.6) is 0 Å². The first-order chi connectivity index (χ1) is 7.20. The highest BCUT2D eigenvalue weighted by molar-refractivity contribution is 5.72. The number of aryl methyl sites for hydroxylation is 2. The van der Waals surface area contributed by atoms with E-state index in [1.807, 2.05) is 25.3 Å². The molecule has 2 aromatic heterocycles. The molecule has 0 aliphatic heterocycles. The van der Waals surface area contributed by atoms with Crippen LogP contribution in [0.2, 0.25) is 0 Å². The van der Waals surface area contributed by atoms with E-state index in [0.717, 1.165) is 23.2 Å². The highest BCUT2D eigenvalue weighted by Crippen LogP contribution is 2.16. The fraction of sp³-hybridized carbons (Fsp3) is 0.182. The second-order valence-corrected chi connectivity index (χ2v) is 3.40. The molecule has 2 rings (SSSR count). The number of carbonyl (C=O) groups is 1. The summed E-state index contributed by atoms with van der Waals surface area (Å²) in [6.07, 6.45) is 4.31. The Morgan fingerprint density at radius 2 is 2.20 bits per heavy atom. The number of hydrogen-bond acceptors (Lipinski definition) is 3. The van der Waals surface area contributed by atoms with E-state index in [1.54, 1.807) is 17.8 Å². The van der Waals surface area contributed by atoms with Crippen molar-refractivity contribution in [2.75, 3.05) is 0 Å². The lowest BCUT2D eigenvalue weighted by atomic mass is 10.2. The number of rotatable bonds is 2. The molecular formula is C11H11N3O. The smallest absolute Gasteiger partial charge is 0.185 e. The molecule has 0 unspecified atom stereocenters. The van der Waals surface area contributed by atoms with E-state index in [9.17, 15) is 4.79 Å². The van der Waals surface area contributed by atoms with Gasteiger partial charge in [0.1, 0.15) is 0 Å². The molecule has 0 radical (unpaired) electrons. The molecule has 0 aromatic carbocycles. The van der Waals surface area contributed by atoms with Crippen molar-refractivity contribution >= 4 is 6.29 Å². The van der Waals surface area contributed by atoms with Crippen LogP contribution >= 0.6 is 0 Å². The summed E-state index contributed by atoms with van der Waals surface area (Å²) >= 11 is 0. The summed E-state index contributed by atoms with van der Waals surface area (Å²) in [6, 6.07) is 3.86. The Labute approximate surface area is 87.6 Å². The molecule has 0 atom stereocenters. The topological polar surface area (TPSA) is 47.8 Å². The SMILES string of the molecule is Cc1ccc(-c2cn(C)c(C=O)n2)cn1. The van der Waals surface area contributed by atoms with Crippen molar-refractivity contribution in [2.24, 2.45) is 7.05 Å². The van der Waals surface area contributed by atoms with Gasteiger partial charge in [-0.15, -0.1) is 0 Å². The quantitative estimate of drug-likeness (QED) is 0.693. The normalized spacial score (nSPS) is 10.3. The number of imidazole rings is 1. The van der Waals surface area contributed by atoms with Crippen LogP contribution in [0.25, 0.3) is 11.3 Å². The Morgan fingerprint density at radius 3 is 2.73 bits per heavy atom. The number of nitrogens with zero attached hydrogens (tertiary/aromatic N) is 3. The van der Waals surface area contributed by atoms with Crippen molar-refractivity contribution in [1.29, 1.82) is 0 Å². The molecule has 4 heteroatoms. The van der Waals surface area contributed by atoms with Crippen molar-refractivity contribution in [2.45, 2.75) is 6.92 Å². The Hall–Kier alpha value is -1.97. The number of aldehydes is 1. The minimum absolute atomic E-state index is 0.422. The lowest BCUT2D eigenvalue weighted by Gasteiger charge is -1.95. The molecule has 0 aliphatic carbocycles. The zero-order valence-corrected chi connectivity index (χ0v) is 8.64. The minimum atomic E-state index is 0.422. The molecule has 0 fully saturated rings. The third-order valence-corrected chi connectivity index (χ3v) is 2.22. The number of hydrogen-bond donors (Lipinski definition) is 0. The summed E-state index contributed by atoms with van der Waals surface area (Å²) < 4.78 is 1.70. The maximum Gasteiger partial charge on any atom is 0.185 e. The average molecular weight is 201 g/mol. The van der Waals surface area contributed by atoms with Gasteiger partial charge in [-0.2, -0.15) is 0 Å². The number of pyridine rings is 1. The standard InChI is InChI=1S/C11H11N3O/c1-8-3-4-9(5-12-8)10-6-14(2)11(7-15)13-10/h3-7H,1-2H3. The summed E-state index contributed by atoms with van der Waals surface area (Å²) in [7, 11) is 1.79. The average Bonchev–Trinajstić information content (AvgIpc) is 2.61. The van der Waals surface area contributed by atoms with Crippen LogP contribution in [0.15, 0.2) is 24.5 Å². The molecule has 4 nitrogen and oxygen atoms in total. The van der Waals surface area contributed by atoms with Crippen LogP contribution in [-0.4, -0.2) is 20.8 Å². The molecule has 0 amide bonds. The van der Waals surface area contributed by atoms with Crippen LogP contribution in [0.3, 0.4) is 0 Å². The monoisotopic (exact) mass is 201 g/mol. The van der Waals surface area contributed by atoms with Gasteiger partial charge in [0.05, 0.1) is 5.69 Å². The number of carbonyl (C=O) groups excluding carboxylic acids is 1. The van der Waals surface area contributed by atoms with Gasteiger partial charge in [0, 0.05) is 30.7 Å². The molecule has 0 N–H and O–H groups in total. The van der Waals surface area contributed by atoms with Gasteiger partial charge in [-0.25, -0.2) is 4.98 Å². The van der Waals surface area contributed by atoms with Gasteiger partial charge in [-0.05, 0) is 19.1 Å². The van der Waals surface area contributed by atoms with Gasteiger partial charge in [0.2, 0.25) is 0 Å². The largest absolute Gasteiger partial charge is 0.331 e. The Morgan fingerprint density at radius 1 is 1.40 bits per heavy atom. The Balaban J connectivity index is 2.45. The van der Waals surface area contributed by atoms with Crippen molar-refractivity contribution in [1.82, 2.24) is 14.5 Å². The lowest BCUT2D eigenvalue weighted by molar-refractivity contribution is 0.111. The highest BCUT2D eigenvalue weighted by atomic mass is 16.1. The molecule has 0 aliphatic rings. The third kappa shape index (κ3) is 1.79. The van der Waals surface area contributed by atoms with Crippen molar-refractivity contribution < 1.29 is 4.79 Å². The van der Waals surface area contributed by atoms with E-state index < -0.39 is 0 Å². The van der Waals surface area contributed by atoms with E-state index >= 15 is 0 Å². The van der Waals surface area contributed by atoms with Crippen molar-refractivity contribution in [3.05, 3.63) is 36.0 Å². The van der Waals surface area contributed by atoms with Crippen molar-refractivity contribution in [3.8, 4) is 11.3 Å². The zero-order valence-electron chi connectivity index (χ0n) is 8.64. The van der Waals surface area contributed by atoms with Gasteiger partial charge in [0.15, 0.2) is 12.1 Å². The first kappa shape index (κ1) is 9.58. The molecule has 0 saturated carbocycles. The van der Waals surface area contributed by atoms with E-state index in [-0.39, 0.29) is 0 Å². The first-order valence-electron chi connectivity index (χ1n) is 4.62. The number of aromatic nitrogens is 3. The fourth-order valence-electron chi connectivity index (χ4n) is 1.35.